The van der Waals surface area contributed by atoms with Crippen LogP contribution < -0.4 is 56.5 Å². The molecule has 0 aliphatic heterocycles. The number of hydrogen-bond acceptors (Lipinski definition) is 6. The maximum atomic E-state index is 13.0. The minimum absolute atomic E-state index is 0. The smallest absolute Gasteiger partial charge is 0.550 e. The standard InChI is InChI=1S/C23H36O6.K/c1-6-22(3,20(24)25)17-23(4,16-18(2)19-10-8-7-9-11-19)21(26)29-15-14-28-13-12-27-5;/h7-11,18H,6,12-17H2,1-5H3,(H,24,25);/q;+1/p-1. The van der Waals surface area contributed by atoms with Crippen LogP contribution in [0.4, 0.5) is 0 Å². The quantitative estimate of drug-likeness (QED) is 0.226. The monoisotopic (exact) mass is 446 g/mol. The number of carbonyl (C=O) groups excluding carboxylic acids is 2. The Bertz CT molecular complexity index is 638. The number of aliphatic carboxylic acids is 1. The number of benzene rings is 1. The van der Waals surface area contributed by atoms with Crippen LogP contribution >= 0.6 is 0 Å². The Labute approximate surface area is 223 Å². The van der Waals surface area contributed by atoms with Gasteiger partial charge < -0.3 is 24.1 Å². The van der Waals surface area contributed by atoms with Gasteiger partial charge in [-0.2, -0.15) is 0 Å². The molecule has 0 fully saturated rings. The Morgan fingerprint density at radius 2 is 1.63 bits per heavy atom. The molecule has 0 saturated heterocycles. The summed E-state index contributed by atoms with van der Waals surface area (Å²) in [6, 6.07) is 9.87. The molecule has 0 N–H and O–H groups in total. The van der Waals surface area contributed by atoms with Crippen molar-refractivity contribution in [3.63, 3.8) is 0 Å². The van der Waals surface area contributed by atoms with Gasteiger partial charge in [0.2, 0.25) is 0 Å². The summed E-state index contributed by atoms with van der Waals surface area (Å²) in [6.45, 7) is 8.54. The van der Waals surface area contributed by atoms with Crippen LogP contribution in [0.2, 0.25) is 0 Å². The van der Waals surface area contributed by atoms with Gasteiger partial charge in [-0.1, -0.05) is 51.1 Å². The summed E-state index contributed by atoms with van der Waals surface area (Å²) < 4.78 is 15.7. The molecule has 0 aromatic heterocycles. The first kappa shape index (κ1) is 29.7. The second-order valence-electron chi connectivity index (χ2n) is 8.20. The molecule has 0 aliphatic carbocycles. The maximum absolute atomic E-state index is 13.0. The van der Waals surface area contributed by atoms with Gasteiger partial charge in [-0.15, -0.1) is 0 Å². The van der Waals surface area contributed by atoms with Gasteiger partial charge in [-0.3, -0.25) is 4.79 Å². The summed E-state index contributed by atoms with van der Waals surface area (Å²) in [6.07, 6.45) is 1.00. The molecule has 1 aromatic carbocycles. The second kappa shape index (κ2) is 14.7. The number of ether oxygens (including phenoxy) is 3. The molecule has 0 aliphatic rings. The van der Waals surface area contributed by atoms with E-state index in [-0.39, 0.29) is 76.9 Å². The molecule has 0 heterocycles. The fraction of sp³-hybridized carbons (Fsp3) is 0.652. The van der Waals surface area contributed by atoms with E-state index in [9.17, 15) is 14.7 Å². The molecule has 6 nitrogen and oxygen atoms in total. The molecule has 3 unspecified atom stereocenters. The van der Waals surface area contributed by atoms with Crippen LogP contribution in [0.5, 0.6) is 0 Å². The average Bonchev–Trinajstić information content (AvgIpc) is 2.70. The summed E-state index contributed by atoms with van der Waals surface area (Å²) in [5, 5.41) is 11.8. The van der Waals surface area contributed by atoms with E-state index in [1.54, 1.807) is 27.9 Å². The van der Waals surface area contributed by atoms with E-state index in [0.717, 1.165) is 5.56 Å². The average molecular weight is 447 g/mol. The van der Waals surface area contributed by atoms with Crippen LogP contribution in [0.25, 0.3) is 0 Å². The fourth-order valence-electron chi connectivity index (χ4n) is 3.62. The Kier molecular flexibility index (Phi) is 14.6. The zero-order valence-electron chi connectivity index (χ0n) is 19.4. The van der Waals surface area contributed by atoms with Crippen LogP contribution in [0.1, 0.15) is 58.4 Å². The van der Waals surface area contributed by atoms with Crippen molar-refractivity contribution >= 4 is 11.9 Å². The number of hydrogen-bond donors (Lipinski definition) is 0. The summed E-state index contributed by atoms with van der Waals surface area (Å²) in [7, 11) is 1.59. The molecule has 0 bridgehead atoms. The van der Waals surface area contributed by atoms with Gasteiger partial charge in [0.05, 0.1) is 25.2 Å². The second-order valence-corrected chi connectivity index (χ2v) is 8.20. The Morgan fingerprint density at radius 1 is 1.03 bits per heavy atom. The molecule has 30 heavy (non-hydrogen) atoms. The van der Waals surface area contributed by atoms with E-state index in [2.05, 4.69) is 0 Å². The first-order chi connectivity index (χ1) is 13.7. The van der Waals surface area contributed by atoms with Gasteiger partial charge in [0.25, 0.3) is 0 Å². The van der Waals surface area contributed by atoms with E-state index in [1.807, 2.05) is 37.3 Å². The van der Waals surface area contributed by atoms with Crippen molar-refractivity contribution < 1.29 is 80.3 Å². The van der Waals surface area contributed by atoms with Crippen molar-refractivity contribution in [3.05, 3.63) is 35.9 Å². The summed E-state index contributed by atoms with van der Waals surface area (Å²) in [5.74, 6) is -1.49. The van der Waals surface area contributed by atoms with Gasteiger partial charge in [-0.05, 0) is 37.7 Å². The van der Waals surface area contributed by atoms with Gasteiger partial charge in [-0.25, -0.2) is 0 Å². The normalized spacial score (nSPS) is 15.9. The van der Waals surface area contributed by atoms with Crippen molar-refractivity contribution in [2.45, 2.75) is 52.9 Å². The van der Waals surface area contributed by atoms with Crippen LogP contribution in [0, 0.1) is 10.8 Å². The Balaban J connectivity index is 0.00000841. The Hall–Kier alpha value is -0.284. The zero-order chi connectivity index (χ0) is 21.9. The van der Waals surface area contributed by atoms with E-state index >= 15 is 0 Å². The number of carboxylic acids is 1. The van der Waals surface area contributed by atoms with Crippen LogP contribution in [0.3, 0.4) is 0 Å². The van der Waals surface area contributed by atoms with Crippen molar-refractivity contribution in [2.75, 3.05) is 33.5 Å². The van der Waals surface area contributed by atoms with E-state index < -0.39 is 22.8 Å². The minimum Gasteiger partial charge on any atom is -0.550 e. The van der Waals surface area contributed by atoms with Crippen LogP contribution in [-0.2, 0) is 23.8 Å². The molecule has 0 spiro atoms. The third-order valence-electron chi connectivity index (χ3n) is 5.56. The predicted molar refractivity (Wildman–Crippen MR) is 109 cm³/mol. The van der Waals surface area contributed by atoms with Crippen LogP contribution in [-0.4, -0.2) is 45.5 Å². The first-order valence-electron chi connectivity index (χ1n) is 10.2. The van der Waals surface area contributed by atoms with Crippen molar-refractivity contribution in [3.8, 4) is 0 Å². The number of carboxylic acid groups (broad SMARTS) is 1. The van der Waals surface area contributed by atoms with E-state index in [0.29, 0.717) is 26.1 Å². The van der Waals surface area contributed by atoms with Crippen molar-refractivity contribution in [1.29, 1.82) is 0 Å². The topological polar surface area (TPSA) is 84.9 Å². The molecule has 164 valence electrons. The molecule has 0 radical (unpaired) electrons. The van der Waals surface area contributed by atoms with Crippen molar-refractivity contribution in [1.82, 2.24) is 0 Å². The van der Waals surface area contributed by atoms with Crippen molar-refractivity contribution in [2.24, 2.45) is 10.8 Å². The Morgan fingerprint density at radius 3 is 2.17 bits per heavy atom. The summed E-state index contributed by atoms with van der Waals surface area (Å²) >= 11 is 0. The molecule has 0 amide bonds. The van der Waals surface area contributed by atoms with Gasteiger partial charge in [0.1, 0.15) is 6.61 Å². The molecular weight excluding hydrogens is 411 g/mol. The van der Waals surface area contributed by atoms with E-state index in [1.165, 1.54) is 0 Å². The molecule has 1 aromatic rings. The third kappa shape index (κ3) is 9.47. The van der Waals surface area contributed by atoms with Gasteiger partial charge >= 0.3 is 57.4 Å². The fourth-order valence-corrected chi connectivity index (χ4v) is 3.62. The molecule has 1 rings (SSSR count). The minimum atomic E-state index is -1.14. The first-order valence-corrected chi connectivity index (χ1v) is 10.2. The molecule has 7 heteroatoms. The summed E-state index contributed by atoms with van der Waals surface area (Å²) in [4.78, 5) is 24.8. The third-order valence-corrected chi connectivity index (χ3v) is 5.56. The molecule has 3 atom stereocenters. The maximum Gasteiger partial charge on any atom is 1.00 e. The zero-order valence-corrected chi connectivity index (χ0v) is 22.5. The van der Waals surface area contributed by atoms with Crippen LogP contribution in [0.15, 0.2) is 30.3 Å². The number of esters is 1. The molecular formula is C23H35KO6. The SMILES string of the molecule is CCC(C)(CC(C)(CC(C)c1ccccc1)C(=O)OCCOCCOC)C(=O)[O-].[K+]. The van der Waals surface area contributed by atoms with Gasteiger partial charge in [0, 0.05) is 18.5 Å². The predicted octanol–water partition coefficient (Wildman–Crippen LogP) is -0.0470. The van der Waals surface area contributed by atoms with E-state index in [4.69, 9.17) is 14.2 Å². The summed E-state index contributed by atoms with van der Waals surface area (Å²) in [5.41, 5.74) is -0.979. The number of rotatable bonds is 14. The largest absolute Gasteiger partial charge is 1.00 e. The molecule has 0 saturated carbocycles. The van der Waals surface area contributed by atoms with Gasteiger partial charge in [0.15, 0.2) is 0 Å². The number of carbonyl (C=O) groups is 2. The number of methoxy groups -OCH3 is 1.